The first-order valence-corrected chi connectivity index (χ1v) is 8.82. The van der Waals surface area contributed by atoms with Crippen molar-refractivity contribution in [1.82, 2.24) is 4.98 Å². The van der Waals surface area contributed by atoms with Gasteiger partial charge < -0.3 is 14.5 Å². The molecule has 0 saturated heterocycles. The summed E-state index contributed by atoms with van der Waals surface area (Å²) in [6.45, 7) is 6.81. The second-order valence-corrected chi connectivity index (χ2v) is 6.63. The van der Waals surface area contributed by atoms with Gasteiger partial charge in [-0.3, -0.25) is 9.59 Å². The number of rotatable bonds is 7. The maximum atomic E-state index is 12.7. The minimum atomic E-state index is -0.956. The van der Waals surface area contributed by atoms with Crippen LogP contribution in [-0.2, 0) is 14.3 Å². The standard InChI is InChI=1S/C21H25NO5/c1-12(16-9-7-6-8-10-16)11-17(23)27-15(4)20(24)19-13(2)18(14(3)22-19)21(25)26-5/h6-10,12,15,22H,11H2,1-5H3/t12-,15-/m0/s1. The van der Waals surface area contributed by atoms with Crippen molar-refractivity contribution in [2.24, 2.45) is 0 Å². The molecule has 2 rings (SSSR count). The van der Waals surface area contributed by atoms with Crippen LogP contribution in [0.1, 0.15) is 63.9 Å². The third-order valence-corrected chi connectivity index (χ3v) is 4.59. The number of aryl methyl sites for hydroxylation is 1. The number of nitrogens with one attached hydrogen (secondary N) is 1. The van der Waals surface area contributed by atoms with Gasteiger partial charge in [0.1, 0.15) is 0 Å². The van der Waals surface area contributed by atoms with Crippen molar-refractivity contribution in [2.75, 3.05) is 7.11 Å². The number of aromatic amines is 1. The van der Waals surface area contributed by atoms with Crippen molar-refractivity contribution in [2.45, 2.75) is 46.1 Å². The molecular formula is C21H25NO5. The first-order valence-electron chi connectivity index (χ1n) is 8.82. The number of H-pyrrole nitrogens is 1. The lowest BCUT2D eigenvalue weighted by Gasteiger charge is -2.15. The van der Waals surface area contributed by atoms with E-state index in [9.17, 15) is 14.4 Å². The third-order valence-electron chi connectivity index (χ3n) is 4.59. The van der Waals surface area contributed by atoms with Crippen LogP contribution in [0.3, 0.4) is 0 Å². The van der Waals surface area contributed by atoms with E-state index in [1.165, 1.54) is 14.0 Å². The van der Waals surface area contributed by atoms with Crippen LogP contribution in [0.4, 0.5) is 0 Å². The van der Waals surface area contributed by atoms with Gasteiger partial charge in [0, 0.05) is 5.69 Å². The Kier molecular flexibility index (Phi) is 6.55. The summed E-state index contributed by atoms with van der Waals surface area (Å²) in [5.74, 6) is -1.35. The van der Waals surface area contributed by atoms with Crippen LogP contribution in [0.5, 0.6) is 0 Å². The molecule has 144 valence electrons. The first-order chi connectivity index (χ1) is 12.8. The van der Waals surface area contributed by atoms with Gasteiger partial charge in [0.25, 0.3) is 0 Å². The zero-order valence-electron chi connectivity index (χ0n) is 16.3. The maximum absolute atomic E-state index is 12.7. The minimum Gasteiger partial charge on any atom is -0.465 e. The number of ether oxygens (including phenoxy) is 2. The van der Waals surface area contributed by atoms with Crippen LogP contribution in [0.25, 0.3) is 0 Å². The van der Waals surface area contributed by atoms with Crippen molar-refractivity contribution in [3.05, 3.63) is 58.4 Å². The smallest absolute Gasteiger partial charge is 0.339 e. The van der Waals surface area contributed by atoms with E-state index in [1.54, 1.807) is 13.8 Å². The molecule has 27 heavy (non-hydrogen) atoms. The van der Waals surface area contributed by atoms with Gasteiger partial charge in [-0.1, -0.05) is 37.3 Å². The molecular weight excluding hydrogens is 346 g/mol. The van der Waals surface area contributed by atoms with E-state index in [0.717, 1.165) is 5.56 Å². The third kappa shape index (κ3) is 4.64. The molecule has 1 N–H and O–H groups in total. The number of hydrogen-bond acceptors (Lipinski definition) is 5. The van der Waals surface area contributed by atoms with Gasteiger partial charge in [0.05, 0.1) is 24.8 Å². The molecule has 0 bridgehead atoms. The molecule has 1 aromatic heterocycles. The molecule has 6 heteroatoms. The molecule has 0 radical (unpaired) electrons. The van der Waals surface area contributed by atoms with Gasteiger partial charge in [-0.15, -0.1) is 0 Å². The molecule has 0 unspecified atom stereocenters. The van der Waals surface area contributed by atoms with Gasteiger partial charge >= 0.3 is 11.9 Å². The predicted octanol–water partition coefficient (Wildman–Crippen LogP) is 3.73. The molecule has 0 fully saturated rings. The Bertz CT molecular complexity index is 838. The predicted molar refractivity (Wildman–Crippen MR) is 101 cm³/mol. The summed E-state index contributed by atoms with van der Waals surface area (Å²) in [6.07, 6.45) is -0.777. The Morgan fingerprint density at radius 2 is 1.70 bits per heavy atom. The minimum absolute atomic E-state index is 0.0126. The van der Waals surface area contributed by atoms with Crippen molar-refractivity contribution < 1.29 is 23.9 Å². The van der Waals surface area contributed by atoms with Gasteiger partial charge in [-0.25, -0.2) is 4.79 Å². The first kappa shape index (κ1) is 20.4. The molecule has 0 aliphatic carbocycles. The molecule has 6 nitrogen and oxygen atoms in total. The summed E-state index contributed by atoms with van der Waals surface area (Å²) in [7, 11) is 1.29. The van der Waals surface area contributed by atoms with Gasteiger partial charge in [-0.05, 0) is 37.8 Å². The van der Waals surface area contributed by atoms with E-state index in [-0.39, 0.29) is 23.8 Å². The second-order valence-electron chi connectivity index (χ2n) is 6.63. The highest BCUT2D eigenvalue weighted by molar-refractivity contribution is 6.03. The average Bonchev–Trinajstić information content (AvgIpc) is 2.95. The second kappa shape index (κ2) is 8.66. The SMILES string of the molecule is COC(=O)c1c(C)[nH]c(C(=O)[C@H](C)OC(=O)C[C@H](C)c2ccccc2)c1C. The number of Topliss-reactive ketones (excluding diaryl/α,β-unsaturated/α-hetero) is 1. The van der Waals surface area contributed by atoms with E-state index < -0.39 is 18.0 Å². The zero-order chi connectivity index (χ0) is 20.1. The molecule has 2 aromatic rings. The molecule has 0 aliphatic heterocycles. The number of benzene rings is 1. The summed E-state index contributed by atoms with van der Waals surface area (Å²) in [5, 5.41) is 0. The number of aromatic nitrogens is 1. The molecule has 2 atom stereocenters. The highest BCUT2D eigenvalue weighted by Gasteiger charge is 2.27. The fourth-order valence-corrected chi connectivity index (χ4v) is 3.06. The highest BCUT2D eigenvalue weighted by Crippen LogP contribution is 2.22. The Hall–Kier alpha value is -2.89. The van der Waals surface area contributed by atoms with Crippen LogP contribution in [-0.4, -0.2) is 35.9 Å². The molecule has 1 aromatic carbocycles. The maximum Gasteiger partial charge on any atom is 0.339 e. The largest absolute Gasteiger partial charge is 0.465 e. The lowest BCUT2D eigenvalue weighted by Crippen LogP contribution is -2.26. The topological polar surface area (TPSA) is 85.5 Å². The lowest BCUT2D eigenvalue weighted by atomic mass is 9.98. The van der Waals surface area contributed by atoms with Crippen LogP contribution >= 0.6 is 0 Å². The Morgan fingerprint density at radius 1 is 1.07 bits per heavy atom. The lowest BCUT2D eigenvalue weighted by molar-refractivity contribution is -0.146. The average molecular weight is 371 g/mol. The summed E-state index contributed by atoms with van der Waals surface area (Å²) in [6, 6.07) is 9.65. The number of ketones is 1. The fraction of sp³-hybridized carbons (Fsp3) is 0.381. The monoisotopic (exact) mass is 371 g/mol. The molecule has 0 saturated carbocycles. The summed E-state index contributed by atoms with van der Waals surface area (Å²) >= 11 is 0. The summed E-state index contributed by atoms with van der Waals surface area (Å²) < 4.78 is 10.1. The number of esters is 2. The number of hydrogen-bond donors (Lipinski definition) is 1. The van der Waals surface area contributed by atoms with E-state index in [0.29, 0.717) is 16.8 Å². The van der Waals surface area contributed by atoms with Gasteiger partial charge in [0.15, 0.2) is 6.10 Å². The molecule has 1 heterocycles. The van der Waals surface area contributed by atoms with Crippen LogP contribution in [0, 0.1) is 13.8 Å². The van der Waals surface area contributed by atoms with Gasteiger partial charge in [0.2, 0.25) is 5.78 Å². The Morgan fingerprint density at radius 3 is 2.30 bits per heavy atom. The van der Waals surface area contributed by atoms with Crippen LogP contribution < -0.4 is 0 Å². The molecule has 0 aliphatic rings. The zero-order valence-corrected chi connectivity index (χ0v) is 16.3. The van der Waals surface area contributed by atoms with Gasteiger partial charge in [-0.2, -0.15) is 0 Å². The molecule has 0 spiro atoms. The van der Waals surface area contributed by atoms with Crippen molar-refractivity contribution in [1.29, 1.82) is 0 Å². The van der Waals surface area contributed by atoms with E-state index in [4.69, 9.17) is 9.47 Å². The van der Waals surface area contributed by atoms with E-state index in [1.807, 2.05) is 37.3 Å². The van der Waals surface area contributed by atoms with Crippen molar-refractivity contribution >= 4 is 17.7 Å². The van der Waals surface area contributed by atoms with Crippen molar-refractivity contribution in [3.8, 4) is 0 Å². The highest BCUT2D eigenvalue weighted by atomic mass is 16.5. The summed E-state index contributed by atoms with van der Waals surface area (Å²) in [4.78, 5) is 39.7. The number of carbonyl (C=O) groups excluding carboxylic acids is 3. The van der Waals surface area contributed by atoms with E-state index in [2.05, 4.69) is 4.98 Å². The summed E-state index contributed by atoms with van der Waals surface area (Å²) in [5.41, 5.74) is 2.65. The van der Waals surface area contributed by atoms with E-state index >= 15 is 0 Å². The number of carbonyl (C=O) groups is 3. The fourth-order valence-electron chi connectivity index (χ4n) is 3.06. The quantitative estimate of drug-likeness (QED) is 0.592. The molecule has 0 amide bonds. The van der Waals surface area contributed by atoms with Crippen molar-refractivity contribution in [3.63, 3.8) is 0 Å². The van der Waals surface area contributed by atoms with Crippen LogP contribution in [0.15, 0.2) is 30.3 Å². The Balaban J connectivity index is 2.05. The Labute approximate surface area is 158 Å². The number of methoxy groups -OCH3 is 1. The normalized spacial score (nSPS) is 12.9. The van der Waals surface area contributed by atoms with Crippen LogP contribution in [0.2, 0.25) is 0 Å².